The first-order valence-corrected chi connectivity index (χ1v) is 9.06. The first-order chi connectivity index (χ1) is 13.2. The van der Waals surface area contributed by atoms with Crippen molar-refractivity contribution in [2.24, 2.45) is 0 Å². The first kappa shape index (κ1) is 16.1. The number of aromatic nitrogens is 4. The highest BCUT2D eigenvalue weighted by Gasteiger charge is 2.18. The van der Waals surface area contributed by atoms with Gasteiger partial charge in [0.15, 0.2) is 17.1 Å². The molecule has 0 saturated carbocycles. The Kier molecular flexibility index (Phi) is 3.71. The second-order valence-electron chi connectivity index (χ2n) is 6.10. The lowest BCUT2D eigenvalue weighted by atomic mass is 10.2. The van der Waals surface area contributed by atoms with Gasteiger partial charge in [-0.25, -0.2) is 9.67 Å². The summed E-state index contributed by atoms with van der Waals surface area (Å²) in [5, 5.41) is 4.80. The molecule has 8 heteroatoms. The van der Waals surface area contributed by atoms with Crippen LogP contribution in [-0.4, -0.2) is 26.1 Å². The van der Waals surface area contributed by atoms with E-state index < -0.39 is 0 Å². The molecule has 0 radical (unpaired) electrons. The van der Waals surface area contributed by atoms with Crippen LogP contribution in [0.5, 0.6) is 11.5 Å². The summed E-state index contributed by atoms with van der Waals surface area (Å²) in [7, 11) is 0. The fourth-order valence-corrected chi connectivity index (χ4v) is 3.53. The molecule has 4 aromatic rings. The van der Waals surface area contributed by atoms with Gasteiger partial charge in [-0.2, -0.15) is 5.10 Å². The third kappa shape index (κ3) is 2.69. The van der Waals surface area contributed by atoms with E-state index in [0.29, 0.717) is 29.1 Å². The molecule has 0 unspecified atom stereocenters. The van der Waals surface area contributed by atoms with Crippen LogP contribution in [0.15, 0.2) is 64.3 Å². The van der Waals surface area contributed by atoms with E-state index in [1.807, 2.05) is 42.5 Å². The average Bonchev–Trinajstić information content (AvgIpc) is 3.31. The largest absolute Gasteiger partial charge is 0.454 e. The van der Waals surface area contributed by atoms with Crippen LogP contribution in [0.25, 0.3) is 16.7 Å². The number of nitrogens with zero attached hydrogens (tertiary/aromatic N) is 4. The summed E-state index contributed by atoms with van der Waals surface area (Å²) >= 11 is 3.53. The highest BCUT2D eigenvalue weighted by Crippen LogP contribution is 2.37. The number of fused-ring (bicyclic) bond motifs is 2. The minimum Gasteiger partial charge on any atom is -0.454 e. The van der Waals surface area contributed by atoms with E-state index >= 15 is 0 Å². The van der Waals surface area contributed by atoms with E-state index in [4.69, 9.17) is 9.47 Å². The van der Waals surface area contributed by atoms with Gasteiger partial charge in [0.1, 0.15) is 11.7 Å². The zero-order chi connectivity index (χ0) is 18.4. The molecular formula is C19H13BrN4O3. The van der Waals surface area contributed by atoms with Crippen molar-refractivity contribution < 1.29 is 9.47 Å². The minimum absolute atomic E-state index is 0.147. The van der Waals surface area contributed by atoms with E-state index in [-0.39, 0.29) is 12.4 Å². The summed E-state index contributed by atoms with van der Waals surface area (Å²) in [6.45, 7) is 0.562. The summed E-state index contributed by atoms with van der Waals surface area (Å²) in [5.74, 6) is 1.36. The smallest absolute Gasteiger partial charge is 0.264 e. The van der Waals surface area contributed by atoms with Crippen molar-refractivity contribution in [1.82, 2.24) is 19.3 Å². The van der Waals surface area contributed by atoms with Gasteiger partial charge in [-0.15, -0.1) is 0 Å². The van der Waals surface area contributed by atoms with Crippen molar-refractivity contribution in [2.75, 3.05) is 6.79 Å². The molecule has 0 saturated heterocycles. The predicted molar refractivity (Wildman–Crippen MR) is 102 cm³/mol. The van der Waals surface area contributed by atoms with Gasteiger partial charge in [-0.3, -0.25) is 9.36 Å². The van der Waals surface area contributed by atoms with Crippen molar-refractivity contribution in [2.45, 2.75) is 6.54 Å². The lowest BCUT2D eigenvalue weighted by Gasteiger charge is -2.09. The molecule has 0 atom stereocenters. The molecule has 0 spiro atoms. The van der Waals surface area contributed by atoms with Crippen LogP contribution in [0, 0.1) is 0 Å². The van der Waals surface area contributed by atoms with Gasteiger partial charge in [0.25, 0.3) is 5.56 Å². The van der Waals surface area contributed by atoms with Crippen LogP contribution in [-0.2, 0) is 6.54 Å². The first-order valence-electron chi connectivity index (χ1n) is 8.27. The third-order valence-electron chi connectivity index (χ3n) is 4.44. The maximum absolute atomic E-state index is 12.9. The van der Waals surface area contributed by atoms with Gasteiger partial charge in [0, 0.05) is 4.47 Å². The Morgan fingerprint density at radius 3 is 2.70 bits per heavy atom. The van der Waals surface area contributed by atoms with Gasteiger partial charge >= 0.3 is 0 Å². The molecule has 0 aliphatic carbocycles. The van der Waals surface area contributed by atoms with Crippen LogP contribution < -0.4 is 15.0 Å². The molecule has 0 fully saturated rings. The number of hydrogen-bond acceptors (Lipinski definition) is 5. The third-order valence-corrected chi connectivity index (χ3v) is 5.18. The zero-order valence-electron chi connectivity index (χ0n) is 14.0. The molecular weight excluding hydrogens is 412 g/mol. The number of hydrogen-bond donors (Lipinski definition) is 0. The average molecular weight is 425 g/mol. The monoisotopic (exact) mass is 424 g/mol. The highest BCUT2D eigenvalue weighted by atomic mass is 79.9. The Labute approximate surface area is 161 Å². The Hall–Kier alpha value is -3.13. The SMILES string of the molecule is O=c1c2cnn(-c3ccccc3)c2ncn1Cc1cc2c(cc1Br)OCO2. The molecule has 5 rings (SSSR count). The molecule has 2 aromatic carbocycles. The number of benzene rings is 2. The minimum atomic E-state index is -0.147. The quantitative estimate of drug-likeness (QED) is 0.505. The Balaban J connectivity index is 1.56. The molecule has 1 aliphatic rings. The van der Waals surface area contributed by atoms with Gasteiger partial charge in [0.2, 0.25) is 6.79 Å². The highest BCUT2D eigenvalue weighted by molar-refractivity contribution is 9.10. The second kappa shape index (κ2) is 6.24. The van der Waals surface area contributed by atoms with Gasteiger partial charge in [-0.05, 0) is 29.8 Å². The van der Waals surface area contributed by atoms with E-state index in [1.54, 1.807) is 21.8 Å². The van der Waals surface area contributed by atoms with Crippen molar-refractivity contribution in [3.05, 3.63) is 75.4 Å². The summed E-state index contributed by atoms with van der Waals surface area (Å²) in [4.78, 5) is 17.4. The lowest BCUT2D eigenvalue weighted by molar-refractivity contribution is 0.174. The summed E-state index contributed by atoms with van der Waals surface area (Å²) in [5.41, 5.74) is 2.15. The number of halogens is 1. The molecule has 0 amide bonds. The maximum Gasteiger partial charge on any atom is 0.264 e. The van der Waals surface area contributed by atoms with Crippen molar-refractivity contribution in [1.29, 1.82) is 0 Å². The Morgan fingerprint density at radius 1 is 1.11 bits per heavy atom. The van der Waals surface area contributed by atoms with E-state index in [0.717, 1.165) is 15.7 Å². The molecule has 0 bridgehead atoms. The summed E-state index contributed by atoms with van der Waals surface area (Å²) < 4.78 is 14.9. The summed E-state index contributed by atoms with van der Waals surface area (Å²) in [6, 6.07) is 13.3. The van der Waals surface area contributed by atoms with Crippen molar-refractivity contribution in [3.63, 3.8) is 0 Å². The molecule has 1 aliphatic heterocycles. The zero-order valence-corrected chi connectivity index (χ0v) is 15.6. The van der Waals surface area contributed by atoms with Crippen LogP contribution >= 0.6 is 15.9 Å². The molecule has 2 aromatic heterocycles. The van der Waals surface area contributed by atoms with E-state index in [1.165, 1.54) is 0 Å². The molecule has 3 heterocycles. The second-order valence-corrected chi connectivity index (χ2v) is 6.96. The number of ether oxygens (including phenoxy) is 2. The van der Waals surface area contributed by atoms with Crippen LogP contribution in [0.1, 0.15) is 5.56 Å². The topological polar surface area (TPSA) is 71.2 Å². The van der Waals surface area contributed by atoms with Gasteiger partial charge in [-0.1, -0.05) is 34.1 Å². The fourth-order valence-electron chi connectivity index (χ4n) is 3.08. The summed E-state index contributed by atoms with van der Waals surface area (Å²) in [6.07, 6.45) is 3.10. The van der Waals surface area contributed by atoms with Crippen molar-refractivity contribution in [3.8, 4) is 17.2 Å². The van der Waals surface area contributed by atoms with Crippen LogP contribution in [0.4, 0.5) is 0 Å². The predicted octanol–water partition coefficient (Wildman–Crippen LogP) is 3.12. The number of rotatable bonds is 3. The molecule has 27 heavy (non-hydrogen) atoms. The van der Waals surface area contributed by atoms with Crippen LogP contribution in [0.2, 0.25) is 0 Å². The fraction of sp³-hybridized carbons (Fsp3) is 0.105. The van der Waals surface area contributed by atoms with Gasteiger partial charge < -0.3 is 9.47 Å². The standard InChI is InChI=1S/C19H13BrN4O3/c20-15-7-17-16(26-11-27-17)6-12(15)9-23-10-21-18-14(19(23)25)8-22-24(18)13-4-2-1-3-5-13/h1-8,10H,9,11H2. The molecule has 134 valence electrons. The Bertz CT molecular complexity index is 1220. The van der Waals surface area contributed by atoms with E-state index in [2.05, 4.69) is 26.0 Å². The van der Waals surface area contributed by atoms with E-state index in [9.17, 15) is 4.79 Å². The normalized spacial score (nSPS) is 12.6. The van der Waals surface area contributed by atoms with Crippen molar-refractivity contribution >= 4 is 27.0 Å². The number of para-hydroxylation sites is 1. The van der Waals surface area contributed by atoms with Gasteiger partial charge in [0.05, 0.1) is 18.4 Å². The molecule has 0 N–H and O–H groups in total. The van der Waals surface area contributed by atoms with Crippen LogP contribution in [0.3, 0.4) is 0 Å². The maximum atomic E-state index is 12.9. The lowest BCUT2D eigenvalue weighted by Crippen LogP contribution is -2.21. The Morgan fingerprint density at radius 2 is 1.89 bits per heavy atom. The molecule has 7 nitrogen and oxygen atoms in total.